The lowest BCUT2D eigenvalue weighted by atomic mass is 10.5. The van der Waals surface area contributed by atoms with Crippen LogP contribution in [0.3, 0.4) is 0 Å². The van der Waals surface area contributed by atoms with Crippen LogP contribution in [0.25, 0.3) is 0 Å². The van der Waals surface area contributed by atoms with E-state index in [2.05, 4.69) is 5.10 Å². The van der Waals surface area contributed by atoms with Crippen molar-refractivity contribution in [1.82, 2.24) is 9.78 Å². The lowest BCUT2D eigenvalue weighted by Crippen LogP contribution is -1.96. The summed E-state index contributed by atoms with van der Waals surface area (Å²) in [6.07, 6.45) is 0. The highest BCUT2D eigenvalue weighted by Gasteiger charge is 1.99. The molecule has 0 radical (unpaired) electrons. The normalized spacial score (nSPS) is 9.18. The van der Waals surface area contributed by atoms with E-state index >= 15 is 0 Å². The van der Waals surface area contributed by atoms with Gasteiger partial charge in [0.25, 0.3) is 0 Å². The van der Waals surface area contributed by atoms with Gasteiger partial charge in [-0.15, -0.1) is 5.10 Å². The molecule has 0 amide bonds. The first-order chi connectivity index (χ1) is 5.24. The molecule has 0 aliphatic heterocycles. The van der Waals surface area contributed by atoms with Crippen LogP contribution in [-0.2, 0) is 7.05 Å². The third kappa shape index (κ3) is 1.71. The maximum Gasteiger partial charge on any atom is 0.234 e. The fourth-order valence-electron chi connectivity index (χ4n) is 0.704. The first-order valence-corrected chi connectivity index (χ1v) is 3.24. The van der Waals surface area contributed by atoms with E-state index in [9.17, 15) is 0 Å². The van der Waals surface area contributed by atoms with Gasteiger partial charge < -0.3 is 4.74 Å². The fourth-order valence-corrected chi connectivity index (χ4v) is 0.704. The molecule has 0 spiro atoms. The lowest BCUT2D eigenvalue weighted by molar-refractivity contribution is 0.349. The molecule has 0 N–H and O–H groups in total. The maximum atomic E-state index is 8.19. The van der Waals surface area contributed by atoms with Gasteiger partial charge in [0.15, 0.2) is 6.61 Å². The zero-order chi connectivity index (χ0) is 8.27. The highest BCUT2D eigenvalue weighted by Crippen LogP contribution is 2.08. The van der Waals surface area contributed by atoms with Crippen LogP contribution in [0.1, 0.15) is 5.69 Å². The second kappa shape index (κ2) is 3.06. The van der Waals surface area contributed by atoms with E-state index in [4.69, 9.17) is 10.00 Å². The number of nitriles is 1. The largest absolute Gasteiger partial charge is 0.461 e. The van der Waals surface area contributed by atoms with Crippen molar-refractivity contribution < 1.29 is 4.74 Å². The van der Waals surface area contributed by atoms with Crippen LogP contribution in [0.15, 0.2) is 6.07 Å². The molecular weight excluding hydrogens is 142 g/mol. The van der Waals surface area contributed by atoms with Gasteiger partial charge in [0.2, 0.25) is 5.88 Å². The van der Waals surface area contributed by atoms with Crippen molar-refractivity contribution in [3.05, 3.63) is 11.8 Å². The van der Waals surface area contributed by atoms with Crippen molar-refractivity contribution in [3.8, 4) is 11.9 Å². The molecule has 0 aromatic carbocycles. The minimum absolute atomic E-state index is 0.0520. The van der Waals surface area contributed by atoms with Crippen molar-refractivity contribution in [1.29, 1.82) is 5.26 Å². The topological polar surface area (TPSA) is 50.8 Å². The zero-order valence-corrected chi connectivity index (χ0v) is 6.53. The van der Waals surface area contributed by atoms with Gasteiger partial charge >= 0.3 is 0 Å². The second-order valence-electron chi connectivity index (χ2n) is 2.19. The number of hydrogen-bond donors (Lipinski definition) is 0. The van der Waals surface area contributed by atoms with Crippen LogP contribution in [0.2, 0.25) is 0 Å². The molecule has 4 nitrogen and oxygen atoms in total. The van der Waals surface area contributed by atoms with Gasteiger partial charge in [-0.2, -0.15) is 5.26 Å². The van der Waals surface area contributed by atoms with E-state index in [1.165, 1.54) is 0 Å². The Balaban J connectivity index is 2.67. The van der Waals surface area contributed by atoms with Crippen LogP contribution in [0, 0.1) is 18.3 Å². The molecule has 0 fully saturated rings. The maximum absolute atomic E-state index is 8.19. The van der Waals surface area contributed by atoms with Crippen molar-refractivity contribution in [2.75, 3.05) is 6.61 Å². The van der Waals surface area contributed by atoms with Crippen LogP contribution in [0.5, 0.6) is 5.88 Å². The van der Waals surface area contributed by atoms with Crippen LogP contribution >= 0.6 is 0 Å². The summed E-state index contributed by atoms with van der Waals surface area (Å²) < 4.78 is 6.66. The summed E-state index contributed by atoms with van der Waals surface area (Å²) in [6, 6.07) is 3.66. The Kier molecular flexibility index (Phi) is 2.12. The van der Waals surface area contributed by atoms with E-state index < -0.39 is 0 Å². The monoisotopic (exact) mass is 151 g/mol. The third-order valence-corrected chi connectivity index (χ3v) is 1.38. The molecule has 0 aliphatic carbocycles. The van der Waals surface area contributed by atoms with Gasteiger partial charge in [-0.25, -0.2) is 0 Å². The smallest absolute Gasteiger partial charge is 0.234 e. The summed E-state index contributed by atoms with van der Waals surface area (Å²) in [5.41, 5.74) is 1.01. The third-order valence-electron chi connectivity index (χ3n) is 1.38. The van der Waals surface area contributed by atoms with E-state index in [-0.39, 0.29) is 6.61 Å². The fraction of sp³-hybridized carbons (Fsp3) is 0.429. The van der Waals surface area contributed by atoms with Crippen molar-refractivity contribution in [3.63, 3.8) is 0 Å². The summed E-state index contributed by atoms with van der Waals surface area (Å²) in [5, 5.41) is 12.2. The summed E-state index contributed by atoms with van der Waals surface area (Å²) in [4.78, 5) is 0. The van der Waals surface area contributed by atoms with Crippen LogP contribution < -0.4 is 4.74 Å². The molecule has 58 valence electrons. The number of nitrogens with zero attached hydrogens (tertiary/aromatic N) is 3. The van der Waals surface area contributed by atoms with E-state index in [0.29, 0.717) is 5.88 Å². The molecule has 1 heterocycles. The SMILES string of the molecule is Cc1cc(OCC#N)nn1C. The standard InChI is InChI=1S/C7H9N3O/c1-6-5-7(9-10(6)2)11-4-3-8/h5H,4H2,1-2H3. The minimum Gasteiger partial charge on any atom is -0.461 e. The molecule has 1 aromatic heterocycles. The van der Waals surface area contributed by atoms with Gasteiger partial charge in [0, 0.05) is 18.8 Å². The first kappa shape index (κ1) is 7.61. The molecule has 0 bridgehead atoms. The highest BCUT2D eigenvalue weighted by molar-refractivity contribution is 5.14. The Morgan fingerprint density at radius 2 is 2.55 bits per heavy atom. The van der Waals surface area contributed by atoms with Gasteiger partial charge in [0.1, 0.15) is 6.07 Å². The quantitative estimate of drug-likeness (QED) is 0.623. The Morgan fingerprint density at radius 3 is 3.00 bits per heavy atom. The predicted molar refractivity (Wildman–Crippen MR) is 39.1 cm³/mol. The van der Waals surface area contributed by atoms with Gasteiger partial charge in [-0.3, -0.25) is 4.68 Å². The molecule has 0 atom stereocenters. The minimum atomic E-state index is 0.0520. The summed E-state index contributed by atoms with van der Waals surface area (Å²) in [5.74, 6) is 0.506. The lowest BCUT2D eigenvalue weighted by Gasteiger charge is -1.92. The predicted octanol–water partition coefficient (Wildman–Crippen LogP) is 0.631. The Labute approximate surface area is 65.0 Å². The Morgan fingerprint density at radius 1 is 1.82 bits per heavy atom. The van der Waals surface area contributed by atoms with Crippen LogP contribution in [-0.4, -0.2) is 16.4 Å². The molecule has 0 saturated heterocycles. The molecule has 0 saturated carbocycles. The highest BCUT2D eigenvalue weighted by atomic mass is 16.5. The average molecular weight is 151 g/mol. The van der Waals surface area contributed by atoms with Crippen molar-refractivity contribution in [2.24, 2.45) is 7.05 Å². The van der Waals surface area contributed by atoms with E-state index in [0.717, 1.165) is 5.69 Å². The molecule has 1 aromatic rings. The average Bonchev–Trinajstić information content (AvgIpc) is 2.28. The number of aryl methyl sites for hydroxylation is 2. The van der Waals surface area contributed by atoms with Gasteiger partial charge in [0.05, 0.1) is 0 Å². The second-order valence-corrected chi connectivity index (χ2v) is 2.19. The van der Waals surface area contributed by atoms with Gasteiger partial charge in [-0.05, 0) is 6.92 Å². The molecule has 0 aliphatic rings. The number of aromatic nitrogens is 2. The first-order valence-electron chi connectivity index (χ1n) is 3.24. The molecule has 4 heteroatoms. The molecule has 1 rings (SSSR count). The molecular formula is C7H9N3O. The molecule has 11 heavy (non-hydrogen) atoms. The van der Waals surface area contributed by atoms with Crippen LogP contribution in [0.4, 0.5) is 0 Å². The number of rotatable bonds is 2. The summed E-state index contributed by atoms with van der Waals surface area (Å²) in [7, 11) is 1.83. The Bertz CT molecular complexity index is 265. The zero-order valence-electron chi connectivity index (χ0n) is 6.53. The summed E-state index contributed by atoms with van der Waals surface area (Å²) in [6.45, 7) is 1.97. The van der Waals surface area contributed by atoms with Crippen molar-refractivity contribution >= 4 is 0 Å². The number of hydrogen-bond acceptors (Lipinski definition) is 3. The van der Waals surface area contributed by atoms with E-state index in [1.807, 2.05) is 20.0 Å². The van der Waals surface area contributed by atoms with Gasteiger partial charge in [-0.1, -0.05) is 0 Å². The van der Waals surface area contributed by atoms with E-state index in [1.54, 1.807) is 10.7 Å². The number of ether oxygens (including phenoxy) is 1. The van der Waals surface area contributed by atoms with Crippen molar-refractivity contribution in [2.45, 2.75) is 6.92 Å². The molecule has 0 unspecified atom stereocenters. The summed E-state index contributed by atoms with van der Waals surface area (Å²) >= 11 is 0. The Hall–Kier alpha value is -1.50.